The van der Waals surface area contributed by atoms with Crippen molar-refractivity contribution in [3.8, 4) is 0 Å². The van der Waals surface area contributed by atoms with Crippen LogP contribution >= 0.6 is 0 Å². The zero-order chi connectivity index (χ0) is 54.4. The molecule has 0 saturated heterocycles. The summed E-state index contributed by atoms with van der Waals surface area (Å²) in [6.45, 7) is 49.1. The maximum absolute atomic E-state index is 2.38. The minimum atomic E-state index is 0.851. The lowest BCUT2D eigenvalue weighted by Gasteiger charge is -2.15. The molecule has 0 nitrogen and oxygen atoms in total. The molecule has 0 heterocycles. The van der Waals surface area contributed by atoms with E-state index < -0.39 is 0 Å². The zero-order valence-electron chi connectivity index (χ0n) is 50.4. The molecule has 0 saturated carbocycles. The average molecular weight is 982 g/mol. The van der Waals surface area contributed by atoms with Crippen LogP contribution in [0.5, 0.6) is 0 Å². The Hall–Kier alpha value is -5.72. The van der Waals surface area contributed by atoms with Crippen molar-refractivity contribution in [2.45, 2.75) is 197 Å². The van der Waals surface area contributed by atoms with Gasteiger partial charge in [-0.05, 0) is 338 Å². The van der Waals surface area contributed by atoms with Gasteiger partial charge in [-0.3, -0.25) is 0 Å². The molecule has 6 aromatic carbocycles. The van der Waals surface area contributed by atoms with Crippen LogP contribution in [0.4, 0.5) is 0 Å². The van der Waals surface area contributed by atoms with Crippen LogP contribution in [0.25, 0.3) is 41.2 Å². The Balaban J connectivity index is 0.000000134. The highest BCUT2D eigenvalue weighted by Crippen LogP contribution is 2.42. The van der Waals surface area contributed by atoms with Crippen LogP contribution in [0.1, 0.15) is 200 Å². The minimum Gasteiger partial charge on any atom is -0.0683 e. The molecule has 6 aliphatic carbocycles. The third-order valence-electron chi connectivity index (χ3n) is 18.3. The van der Waals surface area contributed by atoms with E-state index in [-0.39, 0.29) is 0 Å². The highest BCUT2D eigenvalue weighted by Gasteiger charge is 2.26. The largest absolute Gasteiger partial charge is 0.0683 e. The first kappa shape index (κ1) is 56.0. The van der Waals surface area contributed by atoms with E-state index in [1.165, 1.54) is 146 Å². The number of hydrogen-bond donors (Lipinski definition) is 0. The van der Waals surface area contributed by atoms with Gasteiger partial charge in [-0.25, -0.2) is 0 Å². The van der Waals surface area contributed by atoms with Crippen molar-refractivity contribution in [2.75, 3.05) is 0 Å². The molecule has 0 radical (unpaired) electrons. The van der Waals surface area contributed by atoms with Gasteiger partial charge in [0, 0.05) is 0 Å². The van der Waals surface area contributed by atoms with E-state index in [1.54, 1.807) is 50.1 Å². The Morgan fingerprint density at radius 1 is 0.270 bits per heavy atom. The quantitative estimate of drug-likeness (QED) is 0.142. The van der Waals surface area contributed by atoms with Gasteiger partial charge in [0.25, 0.3) is 0 Å². The first-order chi connectivity index (χ1) is 35.0. The Bertz CT molecular complexity index is 3190. The average Bonchev–Trinajstić information content (AvgIpc) is 4.27. The molecule has 12 rings (SSSR count). The van der Waals surface area contributed by atoms with Crippen LogP contribution in [0, 0.1) is 103 Å². The van der Waals surface area contributed by atoms with E-state index in [1.807, 2.05) is 13.8 Å². The molecule has 0 aromatic heterocycles. The third-order valence-corrected chi connectivity index (χ3v) is 18.3. The van der Waals surface area contributed by atoms with Crippen molar-refractivity contribution < 1.29 is 0 Å². The number of aryl methyl sites for hydroxylation is 2. The second-order valence-electron chi connectivity index (χ2n) is 23.5. The molecule has 0 unspecified atom stereocenters. The molecule has 0 fully saturated rings. The smallest absolute Gasteiger partial charge is 0.00577 e. The molecule has 6 aromatic rings. The second-order valence-corrected chi connectivity index (χ2v) is 23.5. The second kappa shape index (κ2) is 22.6. The summed E-state index contributed by atoms with van der Waals surface area (Å²) in [6.07, 6.45) is 20.2. The summed E-state index contributed by atoms with van der Waals surface area (Å²) in [6, 6.07) is 12.9. The Morgan fingerprint density at radius 2 is 0.527 bits per heavy atom. The van der Waals surface area contributed by atoms with E-state index in [9.17, 15) is 0 Å². The summed E-state index contributed by atoms with van der Waals surface area (Å²) in [5, 5.41) is 2.75. The lowest BCUT2D eigenvalue weighted by Crippen LogP contribution is -2.00. The van der Waals surface area contributed by atoms with Gasteiger partial charge in [0.2, 0.25) is 0 Å². The van der Waals surface area contributed by atoms with Gasteiger partial charge in [0.15, 0.2) is 0 Å². The Morgan fingerprint density at radius 3 is 0.865 bits per heavy atom. The van der Waals surface area contributed by atoms with Gasteiger partial charge in [-0.1, -0.05) is 115 Å². The van der Waals surface area contributed by atoms with Crippen LogP contribution in [0.2, 0.25) is 0 Å². The van der Waals surface area contributed by atoms with Crippen LogP contribution in [-0.4, -0.2) is 0 Å². The molecule has 0 aliphatic heterocycles. The maximum Gasteiger partial charge on any atom is -0.00577 e. The van der Waals surface area contributed by atoms with E-state index in [2.05, 4.69) is 205 Å². The first-order valence-corrected chi connectivity index (χ1v) is 28.3. The van der Waals surface area contributed by atoms with E-state index in [4.69, 9.17) is 0 Å². The van der Waals surface area contributed by atoms with Crippen molar-refractivity contribution in [3.63, 3.8) is 0 Å². The van der Waals surface area contributed by atoms with E-state index in [0.717, 1.165) is 38.0 Å². The van der Waals surface area contributed by atoms with Gasteiger partial charge in [0.05, 0.1) is 0 Å². The molecule has 6 aliphatic rings. The molecule has 388 valence electrons. The van der Waals surface area contributed by atoms with Crippen molar-refractivity contribution >= 4 is 41.2 Å². The molecule has 74 heavy (non-hydrogen) atoms. The lowest BCUT2D eigenvalue weighted by atomic mass is 9.90. The van der Waals surface area contributed by atoms with Gasteiger partial charge in [-0.2, -0.15) is 0 Å². The van der Waals surface area contributed by atoms with Crippen LogP contribution in [0.3, 0.4) is 0 Å². The standard InChI is InChI=1S/2C16H18.C14H20.C14H18.C12H12.C2H6/c2*1-9-5-13-11(3)15-7-10(2)8-16(15)12(4)14(13)6-9;2*1-8-6-13-11(4)9(2)10(3)12(5)14(13)7-8;1-9-7-8-10(2)12-6-4-3-5-11(9)12;1-2/h5,8H,6-7H2,1-4H3;5,7H,6,8H2,1-4H3;8H,6-7H2,1-5H3;6H,7H2,1-5H3;3-8H,1-2H3;1-2H3. The fraction of sp³-hybridized carbons (Fsp3) is 0.405. The molecule has 0 amide bonds. The maximum atomic E-state index is 2.38. The van der Waals surface area contributed by atoms with Crippen LogP contribution in [-0.2, 0) is 44.9 Å². The monoisotopic (exact) mass is 981 g/mol. The normalized spacial score (nSPS) is 14.9. The summed E-state index contributed by atoms with van der Waals surface area (Å²) in [5.41, 5.74) is 47.0. The molecule has 0 bridgehead atoms. The predicted octanol–water partition coefficient (Wildman–Crippen LogP) is 20.5. The number of hydrogen-bond acceptors (Lipinski definition) is 0. The highest BCUT2D eigenvalue weighted by atomic mass is 14.3. The Labute approximate surface area is 450 Å². The molecule has 0 atom stereocenters. The molecular weight excluding hydrogens is 889 g/mol. The van der Waals surface area contributed by atoms with Crippen LogP contribution in [0.15, 0.2) is 64.3 Å². The molecule has 0 N–H and O–H groups in total. The number of benzene rings is 6. The summed E-state index contributed by atoms with van der Waals surface area (Å²) in [4.78, 5) is 0. The summed E-state index contributed by atoms with van der Waals surface area (Å²) >= 11 is 0. The number of fused-ring (bicyclic) bond motifs is 7. The van der Waals surface area contributed by atoms with E-state index in [0.29, 0.717) is 0 Å². The highest BCUT2D eigenvalue weighted by molar-refractivity contribution is 5.88. The van der Waals surface area contributed by atoms with Crippen molar-refractivity contribution in [3.05, 3.63) is 209 Å². The van der Waals surface area contributed by atoms with Crippen LogP contribution < -0.4 is 0 Å². The summed E-state index contributed by atoms with van der Waals surface area (Å²) in [5.74, 6) is 0.851. The molecule has 0 spiro atoms. The molecule has 0 heteroatoms. The van der Waals surface area contributed by atoms with Crippen molar-refractivity contribution in [2.24, 2.45) is 5.92 Å². The first-order valence-electron chi connectivity index (χ1n) is 28.3. The predicted molar refractivity (Wildman–Crippen MR) is 331 cm³/mol. The van der Waals surface area contributed by atoms with Gasteiger partial charge in [-0.15, -0.1) is 0 Å². The molecular formula is C74H92. The fourth-order valence-corrected chi connectivity index (χ4v) is 13.2. The zero-order valence-corrected chi connectivity index (χ0v) is 50.4. The topological polar surface area (TPSA) is 0 Å². The Kier molecular flexibility index (Phi) is 17.1. The van der Waals surface area contributed by atoms with Gasteiger partial charge >= 0.3 is 0 Å². The summed E-state index contributed by atoms with van der Waals surface area (Å²) in [7, 11) is 0. The summed E-state index contributed by atoms with van der Waals surface area (Å²) < 4.78 is 0. The van der Waals surface area contributed by atoms with Gasteiger partial charge in [0.1, 0.15) is 0 Å². The fourth-order valence-electron chi connectivity index (χ4n) is 13.2. The van der Waals surface area contributed by atoms with Crippen molar-refractivity contribution in [1.82, 2.24) is 0 Å². The SMILES string of the molecule is CC.CC1=Cc2c(C)c(C)c(C)c(C)c2C1.CC1=Cc2c(C)c3c(c(C)c2C1)C=C(C)C3.CC1=Cc2c(C)c3c(c(C)c2C1)CC(C)=C3.Cc1c(C)c(C)c2c(c1C)CC(C)C2.Cc1ccc(C)c2ccccc12. The third kappa shape index (κ3) is 10.7. The minimum absolute atomic E-state index is 0.851. The van der Waals surface area contributed by atoms with Crippen molar-refractivity contribution in [1.29, 1.82) is 0 Å². The lowest BCUT2D eigenvalue weighted by molar-refractivity contribution is 0.626. The van der Waals surface area contributed by atoms with Gasteiger partial charge < -0.3 is 0 Å². The van der Waals surface area contributed by atoms with E-state index >= 15 is 0 Å². The number of rotatable bonds is 0. The number of allylic oxidation sites excluding steroid dienone is 5.